The summed E-state index contributed by atoms with van der Waals surface area (Å²) in [4.78, 5) is 31.4. The molecular formula is C15H21F3N4O5S2. The number of carbonyl (C=O) groups excluding carboxylic acids is 1. The Balaban J connectivity index is 0.000000516. The molecule has 1 aliphatic rings. The molecule has 0 fully saturated rings. The minimum Gasteiger partial charge on any atom is -0.481 e. The summed E-state index contributed by atoms with van der Waals surface area (Å²) in [5, 5.41) is 26.7. The number of nitrogens with one attached hydrogen (secondary N) is 1. The van der Waals surface area contributed by atoms with Gasteiger partial charge in [0.15, 0.2) is 0 Å². The lowest BCUT2D eigenvalue weighted by Gasteiger charge is -2.23. The van der Waals surface area contributed by atoms with E-state index in [1.807, 2.05) is 11.5 Å². The number of hydrogen-bond acceptors (Lipinski definition) is 7. The first-order valence-electron chi connectivity index (χ1n) is 8.45. The average molecular weight is 458 g/mol. The molecule has 164 valence electrons. The highest BCUT2D eigenvalue weighted by Gasteiger charge is 2.38. The number of aryl methyl sites for hydroxylation is 2. The fourth-order valence-corrected chi connectivity index (χ4v) is 4.17. The van der Waals surface area contributed by atoms with Crippen molar-refractivity contribution in [3.05, 3.63) is 11.6 Å². The van der Waals surface area contributed by atoms with Gasteiger partial charge in [0.05, 0.1) is 12.3 Å². The molecule has 14 heteroatoms. The van der Waals surface area contributed by atoms with Crippen LogP contribution >= 0.6 is 21.6 Å². The van der Waals surface area contributed by atoms with Crippen molar-refractivity contribution in [2.45, 2.75) is 38.9 Å². The van der Waals surface area contributed by atoms with Crippen molar-refractivity contribution in [3.63, 3.8) is 0 Å². The monoisotopic (exact) mass is 458 g/mol. The zero-order chi connectivity index (χ0) is 22.0. The summed E-state index contributed by atoms with van der Waals surface area (Å²) >= 11 is 0. The van der Waals surface area contributed by atoms with Crippen LogP contribution in [0.15, 0.2) is 0 Å². The third kappa shape index (κ3) is 9.39. The lowest BCUT2D eigenvalue weighted by Crippen LogP contribution is -2.37. The molecule has 3 N–H and O–H groups in total. The van der Waals surface area contributed by atoms with Crippen molar-refractivity contribution in [1.29, 1.82) is 0 Å². The number of alkyl halides is 3. The minimum absolute atomic E-state index is 0.0214. The van der Waals surface area contributed by atoms with Crippen LogP contribution < -0.4 is 5.32 Å². The minimum atomic E-state index is -5.08. The lowest BCUT2D eigenvalue weighted by atomic mass is 9.98. The number of hydrogen-bond donors (Lipinski definition) is 3. The predicted octanol–water partition coefficient (Wildman–Crippen LogP) is 1.75. The van der Waals surface area contributed by atoms with E-state index in [4.69, 9.17) is 15.0 Å². The number of rotatable bonds is 8. The number of fused-ring (bicyclic) bond motifs is 1. The SMILES string of the molecule is Cc1nnc2n1CC(C(=O)NCCSSCCC(=O)O)CC2.O=C(O)C(F)(F)F. The number of amides is 1. The molecule has 0 radical (unpaired) electrons. The van der Waals surface area contributed by atoms with Crippen LogP contribution in [-0.4, -0.2) is 67.1 Å². The number of nitrogens with zero attached hydrogens (tertiary/aromatic N) is 3. The second-order valence-corrected chi connectivity index (χ2v) is 8.59. The molecule has 2 heterocycles. The molecule has 1 atom stereocenters. The number of aromatic nitrogens is 3. The summed E-state index contributed by atoms with van der Waals surface area (Å²) in [6.07, 6.45) is -3.31. The van der Waals surface area contributed by atoms with Crippen LogP contribution in [0.4, 0.5) is 13.2 Å². The summed E-state index contributed by atoms with van der Waals surface area (Å²) in [6.45, 7) is 3.16. The van der Waals surface area contributed by atoms with Gasteiger partial charge in [-0.3, -0.25) is 9.59 Å². The summed E-state index contributed by atoms with van der Waals surface area (Å²) in [5.74, 6) is -0.284. The van der Waals surface area contributed by atoms with Crippen molar-refractivity contribution in [3.8, 4) is 0 Å². The molecule has 2 rings (SSSR count). The van der Waals surface area contributed by atoms with Gasteiger partial charge in [-0.05, 0) is 13.3 Å². The van der Waals surface area contributed by atoms with E-state index in [-0.39, 0.29) is 18.2 Å². The normalized spacial score (nSPS) is 15.7. The molecule has 9 nitrogen and oxygen atoms in total. The molecule has 0 saturated carbocycles. The maximum atomic E-state index is 12.2. The van der Waals surface area contributed by atoms with Crippen LogP contribution in [0.1, 0.15) is 24.5 Å². The van der Waals surface area contributed by atoms with E-state index in [0.29, 0.717) is 18.8 Å². The van der Waals surface area contributed by atoms with E-state index >= 15 is 0 Å². The van der Waals surface area contributed by atoms with Gasteiger partial charge >= 0.3 is 18.1 Å². The second-order valence-electron chi connectivity index (χ2n) is 5.89. The molecule has 1 aromatic heterocycles. The highest BCUT2D eigenvalue weighted by molar-refractivity contribution is 8.76. The van der Waals surface area contributed by atoms with Crippen molar-refractivity contribution in [1.82, 2.24) is 20.1 Å². The Labute approximate surface area is 172 Å². The molecule has 1 aromatic rings. The van der Waals surface area contributed by atoms with Crippen molar-refractivity contribution >= 4 is 39.4 Å². The van der Waals surface area contributed by atoms with E-state index in [2.05, 4.69) is 15.5 Å². The largest absolute Gasteiger partial charge is 0.490 e. The summed E-state index contributed by atoms with van der Waals surface area (Å²) < 4.78 is 33.8. The van der Waals surface area contributed by atoms with E-state index in [9.17, 15) is 22.8 Å². The van der Waals surface area contributed by atoms with Gasteiger partial charge in [0.25, 0.3) is 0 Å². The molecule has 0 aliphatic carbocycles. The van der Waals surface area contributed by atoms with Gasteiger partial charge in [-0.2, -0.15) is 13.2 Å². The van der Waals surface area contributed by atoms with Crippen LogP contribution in [0, 0.1) is 12.8 Å². The van der Waals surface area contributed by atoms with Crippen LogP contribution in [0.3, 0.4) is 0 Å². The van der Waals surface area contributed by atoms with Gasteiger partial charge in [0, 0.05) is 31.0 Å². The van der Waals surface area contributed by atoms with Gasteiger partial charge in [-0.25, -0.2) is 4.79 Å². The Morgan fingerprint density at radius 1 is 1.21 bits per heavy atom. The Morgan fingerprint density at radius 3 is 2.41 bits per heavy atom. The maximum Gasteiger partial charge on any atom is 0.490 e. The Morgan fingerprint density at radius 2 is 1.83 bits per heavy atom. The molecule has 0 bridgehead atoms. The molecule has 0 saturated heterocycles. The standard InChI is InChI=1S/C13H20N4O3S2.C2HF3O2/c1-9-15-16-11-3-2-10(8-17(9)11)13(20)14-5-7-22-21-6-4-12(18)19;3-2(4,5)1(6)7/h10H,2-8H2,1H3,(H,14,20)(H,18,19);(H,6,7). The second kappa shape index (κ2) is 11.9. The van der Waals surface area contributed by atoms with E-state index in [0.717, 1.165) is 30.2 Å². The number of carbonyl (C=O) groups is 3. The number of carboxylic acids is 2. The third-order valence-corrected chi connectivity index (χ3v) is 6.12. The van der Waals surface area contributed by atoms with Crippen LogP contribution in [-0.2, 0) is 27.3 Å². The first-order chi connectivity index (χ1) is 13.5. The highest BCUT2D eigenvalue weighted by Crippen LogP contribution is 2.22. The Bertz CT molecular complexity index is 715. The molecule has 1 amide bonds. The van der Waals surface area contributed by atoms with Gasteiger partial charge in [0.2, 0.25) is 5.91 Å². The molecule has 29 heavy (non-hydrogen) atoms. The van der Waals surface area contributed by atoms with Crippen molar-refractivity contribution in [2.24, 2.45) is 5.92 Å². The Hall–Kier alpha value is -1.96. The summed E-state index contributed by atoms with van der Waals surface area (Å²) in [6, 6.07) is 0. The van der Waals surface area contributed by atoms with Crippen LogP contribution in [0.5, 0.6) is 0 Å². The fraction of sp³-hybridized carbons (Fsp3) is 0.667. The number of carboxylic acid groups (broad SMARTS) is 2. The zero-order valence-corrected chi connectivity index (χ0v) is 17.1. The van der Waals surface area contributed by atoms with E-state index in [1.54, 1.807) is 10.8 Å². The molecular weight excluding hydrogens is 437 g/mol. The van der Waals surface area contributed by atoms with Gasteiger partial charge in [-0.1, -0.05) is 21.6 Å². The average Bonchev–Trinajstić information content (AvgIpc) is 3.00. The van der Waals surface area contributed by atoms with Gasteiger partial charge < -0.3 is 20.1 Å². The topological polar surface area (TPSA) is 134 Å². The zero-order valence-electron chi connectivity index (χ0n) is 15.4. The summed E-state index contributed by atoms with van der Waals surface area (Å²) in [5.41, 5.74) is 0. The molecule has 1 aliphatic heterocycles. The first kappa shape index (κ1) is 25.1. The number of halogens is 3. The molecule has 0 spiro atoms. The maximum absolute atomic E-state index is 12.2. The van der Waals surface area contributed by atoms with Gasteiger partial charge in [-0.15, -0.1) is 10.2 Å². The predicted molar refractivity (Wildman–Crippen MR) is 100 cm³/mol. The number of aliphatic carboxylic acids is 2. The lowest BCUT2D eigenvalue weighted by molar-refractivity contribution is -0.192. The Kier molecular flexibility index (Phi) is 10.3. The summed E-state index contributed by atoms with van der Waals surface area (Å²) in [7, 11) is 3.12. The van der Waals surface area contributed by atoms with E-state index < -0.39 is 18.1 Å². The van der Waals surface area contributed by atoms with Crippen LogP contribution in [0.2, 0.25) is 0 Å². The molecule has 0 aromatic carbocycles. The van der Waals surface area contributed by atoms with Crippen molar-refractivity contribution in [2.75, 3.05) is 18.1 Å². The smallest absolute Gasteiger partial charge is 0.481 e. The fourth-order valence-electron chi connectivity index (χ4n) is 2.28. The highest BCUT2D eigenvalue weighted by atomic mass is 33.1. The van der Waals surface area contributed by atoms with E-state index in [1.165, 1.54) is 10.8 Å². The molecule has 1 unspecified atom stereocenters. The first-order valence-corrected chi connectivity index (χ1v) is 10.9. The third-order valence-electron chi connectivity index (χ3n) is 3.71. The van der Waals surface area contributed by atoms with Gasteiger partial charge in [0.1, 0.15) is 11.6 Å². The quantitative estimate of drug-likeness (QED) is 0.393. The van der Waals surface area contributed by atoms with Crippen molar-refractivity contribution < 1.29 is 37.8 Å². The van der Waals surface area contributed by atoms with Crippen LogP contribution in [0.25, 0.3) is 0 Å².